The van der Waals surface area contributed by atoms with Crippen LogP contribution in [0.2, 0.25) is 0 Å². The highest BCUT2D eigenvalue weighted by Gasteiger charge is 2.39. The van der Waals surface area contributed by atoms with Gasteiger partial charge in [-0.05, 0) is 50.9 Å². The minimum absolute atomic E-state index is 0.0154. The Bertz CT molecular complexity index is 972. The van der Waals surface area contributed by atoms with Crippen LogP contribution in [0.1, 0.15) is 48.9 Å². The van der Waals surface area contributed by atoms with Gasteiger partial charge in [-0.3, -0.25) is 14.4 Å². The van der Waals surface area contributed by atoms with Gasteiger partial charge in [0, 0.05) is 44.8 Å². The first-order chi connectivity index (χ1) is 16.9. The van der Waals surface area contributed by atoms with E-state index in [1.54, 1.807) is 30.1 Å². The van der Waals surface area contributed by atoms with Crippen LogP contribution in [0, 0.1) is 5.92 Å². The number of nitrogens with one attached hydrogen (secondary N) is 1. The average molecular weight is 485 g/mol. The summed E-state index contributed by atoms with van der Waals surface area (Å²) in [6, 6.07) is 5.11. The lowest BCUT2D eigenvalue weighted by atomic mass is 9.85. The van der Waals surface area contributed by atoms with Gasteiger partial charge in [0.2, 0.25) is 11.8 Å². The number of hydrogen-bond donors (Lipinski definition) is 1. The molecular formula is C26H36N4O5. The smallest absolute Gasteiger partial charge is 0.257 e. The van der Waals surface area contributed by atoms with Crippen LogP contribution in [-0.2, 0) is 14.3 Å². The van der Waals surface area contributed by atoms with Gasteiger partial charge in [0.25, 0.3) is 5.91 Å². The largest absolute Gasteiger partial charge is 0.490 e. The first kappa shape index (κ1) is 24.1. The summed E-state index contributed by atoms with van der Waals surface area (Å²) in [4.78, 5) is 44.5. The molecule has 4 aliphatic rings. The predicted octanol–water partition coefficient (Wildman–Crippen LogP) is 1.97. The molecular weight excluding hydrogens is 448 g/mol. The van der Waals surface area contributed by atoms with Crippen molar-refractivity contribution in [1.29, 1.82) is 0 Å². The lowest BCUT2D eigenvalue weighted by molar-refractivity contribution is -0.144. The molecule has 190 valence electrons. The van der Waals surface area contributed by atoms with Crippen LogP contribution in [0.5, 0.6) is 5.75 Å². The van der Waals surface area contributed by atoms with Crippen LogP contribution in [0.25, 0.3) is 0 Å². The zero-order valence-electron chi connectivity index (χ0n) is 20.7. The van der Waals surface area contributed by atoms with Gasteiger partial charge in [0.1, 0.15) is 18.5 Å². The number of fused-ring (bicyclic) bond motifs is 2. The van der Waals surface area contributed by atoms with E-state index in [9.17, 15) is 14.4 Å². The molecule has 3 aliphatic heterocycles. The van der Waals surface area contributed by atoms with Gasteiger partial charge in [0.05, 0.1) is 24.1 Å². The molecule has 3 heterocycles. The lowest BCUT2D eigenvalue weighted by Crippen LogP contribution is -2.54. The third-order valence-corrected chi connectivity index (χ3v) is 8.01. The topological polar surface area (TPSA) is 91.4 Å². The minimum Gasteiger partial charge on any atom is -0.490 e. The molecule has 0 spiro atoms. The molecule has 35 heavy (non-hydrogen) atoms. The molecule has 0 unspecified atom stereocenters. The maximum absolute atomic E-state index is 13.4. The van der Waals surface area contributed by atoms with E-state index in [0.717, 1.165) is 58.3 Å². The van der Waals surface area contributed by atoms with E-state index in [2.05, 4.69) is 17.3 Å². The Balaban J connectivity index is 1.23. The summed E-state index contributed by atoms with van der Waals surface area (Å²) >= 11 is 0. The molecule has 9 heteroatoms. The highest BCUT2D eigenvalue weighted by atomic mass is 16.5. The number of amides is 3. The van der Waals surface area contributed by atoms with Crippen LogP contribution < -0.4 is 10.1 Å². The normalized spacial score (nSPS) is 27.6. The van der Waals surface area contributed by atoms with Crippen LogP contribution in [0.15, 0.2) is 18.2 Å². The number of benzene rings is 1. The second-order valence-electron chi connectivity index (χ2n) is 10.4. The van der Waals surface area contributed by atoms with E-state index in [1.807, 2.05) is 4.90 Å². The first-order valence-electron chi connectivity index (χ1n) is 12.9. The molecule has 3 fully saturated rings. The second-order valence-corrected chi connectivity index (χ2v) is 10.4. The van der Waals surface area contributed by atoms with Crippen LogP contribution in [-0.4, -0.2) is 97.6 Å². The summed E-state index contributed by atoms with van der Waals surface area (Å²) in [5.74, 6) is 0.565. The number of hydrogen-bond acceptors (Lipinski definition) is 6. The summed E-state index contributed by atoms with van der Waals surface area (Å²) in [6.07, 6.45) is 4.32. The van der Waals surface area contributed by atoms with Gasteiger partial charge in [-0.1, -0.05) is 6.42 Å². The molecule has 3 amide bonds. The van der Waals surface area contributed by atoms with Crippen molar-refractivity contribution >= 4 is 23.4 Å². The molecule has 1 aliphatic carbocycles. The van der Waals surface area contributed by atoms with Crippen molar-refractivity contribution in [1.82, 2.24) is 14.7 Å². The Hall–Kier alpha value is -2.65. The molecule has 0 radical (unpaired) electrons. The van der Waals surface area contributed by atoms with E-state index in [4.69, 9.17) is 9.47 Å². The third-order valence-electron chi connectivity index (χ3n) is 8.01. The predicted molar refractivity (Wildman–Crippen MR) is 130 cm³/mol. The Morgan fingerprint density at radius 2 is 1.83 bits per heavy atom. The summed E-state index contributed by atoms with van der Waals surface area (Å²) in [5.41, 5.74) is 1.07. The summed E-state index contributed by atoms with van der Waals surface area (Å²) in [7, 11) is 3.87. The molecule has 9 nitrogen and oxygen atoms in total. The van der Waals surface area contributed by atoms with Crippen LogP contribution >= 0.6 is 0 Å². The number of anilines is 1. The maximum Gasteiger partial charge on any atom is 0.257 e. The first-order valence-corrected chi connectivity index (χ1v) is 12.9. The molecule has 3 atom stereocenters. The number of piperazine rings is 1. The number of carbonyl (C=O) groups excluding carboxylic acids is 3. The van der Waals surface area contributed by atoms with Crippen LogP contribution in [0.4, 0.5) is 5.69 Å². The van der Waals surface area contributed by atoms with E-state index in [-0.39, 0.29) is 41.9 Å². The quantitative estimate of drug-likeness (QED) is 0.703. The second kappa shape index (κ2) is 10.1. The number of carbonyl (C=O) groups is 3. The molecule has 1 saturated carbocycles. The zero-order valence-corrected chi connectivity index (χ0v) is 20.7. The maximum atomic E-state index is 13.4. The van der Waals surface area contributed by atoms with Crippen molar-refractivity contribution in [3.05, 3.63) is 23.8 Å². The van der Waals surface area contributed by atoms with Gasteiger partial charge in [-0.2, -0.15) is 0 Å². The third kappa shape index (κ3) is 5.16. The highest BCUT2D eigenvalue weighted by molar-refractivity contribution is 6.00. The fourth-order valence-corrected chi connectivity index (χ4v) is 5.40. The molecule has 2 saturated heterocycles. The van der Waals surface area contributed by atoms with Crippen molar-refractivity contribution in [3.63, 3.8) is 0 Å². The number of rotatable bonds is 4. The summed E-state index contributed by atoms with van der Waals surface area (Å²) < 4.78 is 12.4. The summed E-state index contributed by atoms with van der Waals surface area (Å²) in [6.45, 7) is 3.62. The Morgan fingerprint density at radius 1 is 1.06 bits per heavy atom. The summed E-state index contributed by atoms with van der Waals surface area (Å²) in [5, 5.41) is 2.95. The molecule has 1 aromatic rings. The van der Waals surface area contributed by atoms with Crippen molar-refractivity contribution in [2.24, 2.45) is 5.92 Å². The van der Waals surface area contributed by atoms with Gasteiger partial charge in [0.15, 0.2) is 0 Å². The van der Waals surface area contributed by atoms with Gasteiger partial charge in [-0.25, -0.2) is 0 Å². The van der Waals surface area contributed by atoms with Gasteiger partial charge in [-0.15, -0.1) is 0 Å². The van der Waals surface area contributed by atoms with Gasteiger partial charge < -0.3 is 29.5 Å². The number of ether oxygens (including phenoxy) is 2. The molecule has 1 N–H and O–H groups in total. The fourth-order valence-electron chi connectivity index (χ4n) is 5.40. The van der Waals surface area contributed by atoms with Crippen molar-refractivity contribution in [2.45, 2.75) is 56.8 Å². The molecule has 5 rings (SSSR count). The minimum atomic E-state index is -0.297. The molecule has 0 bridgehead atoms. The fraction of sp³-hybridized carbons (Fsp3) is 0.654. The number of likely N-dealkylation sites (N-methyl/N-ethyl adjacent to an activating group) is 2. The van der Waals surface area contributed by atoms with Crippen molar-refractivity contribution < 1.29 is 23.9 Å². The SMILES string of the molecule is CN1CCN(C(=O)C[C@H]2CC[C@@H]3[C@@H](COc4ccc(NC(=O)C5CCC5)cc4C(=O)N3C)O2)CC1. The van der Waals surface area contributed by atoms with E-state index in [1.165, 1.54) is 0 Å². The monoisotopic (exact) mass is 484 g/mol. The Kier molecular flexibility index (Phi) is 6.98. The molecule has 1 aromatic carbocycles. The lowest BCUT2D eigenvalue weighted by Gasteiger charge is -2.42. The van der Waals surface area contributed by atoms with Crippen molar-refractivity contribution in [3.8, 4) is 5.75 Å². The Morgan fingerprint density at radius 3 is 2.54 bits per heavy atom. The van der Waals surface area contributed by atoms with Crippen LogP contribution in [0.3, 0.4) is 0 Å². The van der Waals surface area contributed by atoms with E-state index in [0.29, 0.717) is 30.0 Å². The zero-order chi connectivity index (χ0) is 24.5. The average Bonchev–Trinajstić information content (AvgIpc) is 2.81. The van der Waals surface area contributed by atoms with Crippen molar-refractivity contribution in [2.75, 3.05) is 52.2 Å². The Labute approximate surface area is 206 Å². The van der Waals surface area contributed by atoms with E-state index >= 15 is 0 Å². The van der Waals surface area contributed by atoms with E-state index < -0.39 is 0 Å². The highest BCUT2D eigenvalue weighted by Crippen LogP contribution is 2.33. The standard InChI is InChI=1S/C26H36N4O5/c1-28-10-12-30(13-11-28)24(31)15-19-7-8-21-23(35-19)16-34-22-9-6-18(14-20(22)26(33)29(21)2)27-25(32)17-4-3-5-17/h6,9,14,17,19,21,23H,3-5,7-8,10-13,15-16H2,1-2H3,(H,27,32)/t19-,21-,23-/m1/s1. The number of nitrogens with zero attached hydrogens (tertiary/aromatic N) is 3. The molecule has 0 aromatic heterocycles. The van der Waals surface area contributed by atoms with Gasteiger partial charge >= 0.3 is 0 Å².